The zero-order chi connectivity index (χ0) is 43.5. The highest BCUT2D eigenvalue weighted by atomic mass is 16.6. The van der Waals surface area contributed by atoms with Crippen LogP contribution in [-0.4, -0.2) is 119 Å². The van der Waals surface area contributed by atoms with E-state index in [1.807, 2.05) is 0 Å². The summed E-state index contributed by atoms with van der Waals surface area (Å²) in [6.07, 6.45) is 12.8. The van der Waals surface area contributed by atoms with Crippen LogP contribution in [0.5, 0.6) is 0 Å². The second-order valence-electron chi connectivity index (χ2n) is 23.2. The maximum atomic E-state index is 15.5. The van der Waals surface area contributed by atoms with E-state index in [2.05, 4.69) is 46.0 Å². The normalized spacial score (nSPS) is 45.4. The van der Waals surface area contributed by atoms with Gasteiger partial charge in [0.05, 0.1) is 19.8 Å². The molecule has 5 N–H and O–H groups in total. The molecule has 11 nitrogen and oxygen atoms in total. The number of aliphatic hydroxyl groups is 4. The number of hydrogen-bond donors (Lipinski definition) is 5. The van der Waals surface area contributed by atoms with Crippen LogP contribution < -0.4 is 5.32 Å². The highest BCUT2D eigenvalue weighted by molar-refractivity contribution is 5.83. The lowest BCUT2D eigenvalue weighted by molar-refractivity contribution is -0.876. The van der Waals surface area contributed by atoms with Crippen LogP contribution in [0.15, 0.2) is 11.6 Å². The maximum absolute atomic E-state index is 15.5. The molecule has 9 rings (SSSR count). The molecule has 7 saturated carbocycles. The number of allylic oxidation sites excluding steroid dienone is 1. The summed E-state index contributed by atoms with van der Waals surface area (Å²) in [7, 11) is 1.61. The topological polar surface area (TPSA) is 155 Å². The van der Waals surface area contributed by atoms with E-state index < -0.39 is 36.6 Å². The first-order valence-corrected chi connectivity index (χ1v) is 24.9. The summed E-state index contributed by atoms with van der Waals surface area (Å²) in [5.41, 5.74) is 1.51. The molecule has 8 aliphatic carbocycles. The molecule has 0 aromatic heterocycles. The lowest BCUT2D eigenvalue weighted by atomic mass is 9.46. The van der Waals surface area contributed by atoms with Crippen molar-refractivity contribution in [2.24, 2.45) is 64.1 Å². The molecule has 9 aliphatic rings. The minimum absolute atomic E-state index is 0.00576. The highest BCUT2D eigenvalue weighted by Gasteiger charge is 2.63. The van der Waals surface area contributed by atoms with Crippen molar-refractivity contribution in [2.75, 3.05) is 40.0 Å². The third-order valence-corrected chi connectivity index (χ3v) is 19.2. The largest absolute Gasteiger partial charge is 0.387 e. The predicted octanol–water partition coefficient (Wildman–Crippen LogP) is 6.29. The Balaban J connectivity index is 1.08. The summed E-state index contributed by atoms with van der Waals surface area (Å²) < 4.78 is 16.8. The Hall–Kier alpha value is -1.44. The van der Waals surface area contributed by atoms with Gasteiger partial charge in [0.25, 0.3) is 5.91 Å². The summed E-state index contributed by atoms with van der Waals surface area (Å²) in [4.78, 5) is 30.3. The first-order valence-electron chi connectivity index (χ1n) is 24.9. The van der Waals surface area contributed by atoms with Crippen molar-refractivity contribution in [1.82, 2.24) is 5.32 Å². The molecule has 1 saturated heterocycles. The molecule has 0 spiro atoms. The molecule has 14 atom stereocenters. The van der Waals surface area contributed by atoms with Crippen molar-refractivity contribution in [3.63, 3.8) is 0 Å². The van der Waals surface area contributed by atoms with Gasteiger partial charge in [0.2, 0.25) is 6.10 Å². The van der Waals surface area contributed by atoms with Crippen LogP contribution in [0.4, 0.5) is 0 Å². The second kappa shape index (κ2) is 18.1. The maximum Gasteiger partial charge on any atom is 0.346 e. The third-order valence-electron chi connectivity index (χ3n) is 19.2. The number of aliphatic hydroxyl groups excluding tert-OH is 4. The molecule has 2 amide bonds. The molecule has 61 heavy (non-hydrogen) atoms. The van der Waals surface area contributed by atoms with Crippen molar-refractivity contribution in [2.45, 2.75) is 186 Å². The van der Waals surface area contributed by atoms with Crippen molar-refractivity contribution in [3.8, 4) is 0 Å². The van der Waals surface area contributed by atoms with Crippen molar-refractivity contribution in [1.29, 1.82) is 0 Å². The van der Waals surface area contributed by atoms with Crippen LogP contribution >= 0.6 is 0 Å². The van der Waals surface area contributed by atoms with Gasteiger partial charge in [0.1, 0.15) is 30.9 Å². The molecule has 0 aromatic rings. The van der Waals surface area contributed by atoms with E-state index in [0.717, 1.165) is 55.8 Å². The summed E-state index contributed by atoms with van der Waals surface area (Å²) in [6, 6.07) is -0.315. The van der Waals surface area contributed by atoms with Crippen LogP contribution in [0.1, 0.15) is 144 Å². The van der Waals surface area contributed by atoms with Crippen molar-refractivity contribution < 1.29 is 48.7 Å². The van der Waals surface area contributed by atoms with E-state index in [1.165, 1.54) is 69.8 Å². The van der Waals surface area contributed by atoms with Crippen molar-refractivity contribution in [3.05, 3.63) is 11.6 Å². The lowest BCUT2D eigenvalue weighted by Gasteiger charge is -2.59. The first kappa shape index (κ1) is 46.1. The van der Waals surface area contributed by atoms with Crippen LogP contribution in [0.25, 0.3) is 0 Å². The Labute approximate surface area is 366 Å². The fourth-order valence-electron chi connectivity index (χ4n) is 16.5. The Kier molecular flexibility index (Phi) is 13.7. The summed E-state index contributed by atoms with van der Waals surface area (Å²) in [6.45, 7) is 13.2. The first-order chi connectivity index (χ1) is 29.0. The lowest BCUT2D eigenvalue weighted by Crippen LogP contribution is -2.72. The van der Waals surface area contributed by atoms with E-state index in [9.17, 15) is 25.2 Å². The Morgan fingerprint density at radius 2 is 1.57 bits per heavy atom. The van der Waals surface area contributed by atoms with Gasteiger partial charge in [-0.2, -0.15) is 0 Å². The van der Waals surface area contributed by atoms with Gasteiger partial charge in [0.15, 0.2) is 12.8 Å². The fourth-order valence-corrected chi connectivity index (χ4v) is 16.5. The average molecular weight is 856 g/mol. The monoisotopic (exact) mass is 856 g/mol. The minimum Gasteiger partial charge on any atom is -0.387 e. The van der Waals surface area contributed by atoms with E-state index in [1.54, 1.807) is 7.11 Å². The fraction of sp³-hybridized carbons (Fsp3) is 0.920. The number of carbonyl (C=O) groups excluding carboxylic acids is 2. The average Bonchev–Trinajstić information content (AvgIpc) is 3.56. The molecule has 1 aliphatic heterocycles. The number of quaternary nitrogens is 1. The zero-order valence-electron chi connectivity index (χ0n) is 38.6. The smallest absolute Gasteiger partial charge is 0.346 e. The molecule has 4 unspecified atom stereocenters. The Bertz CT molecular complexity index is 1570. The summed E-state index contributed by atoms with van der Waals surface area (Å²) in [5.74, 6) is 5.42. The molecule has 11 heteroatoms. The number of amides is 2. The van der Waals surface area contributed by atoms with E-state index in [0.29, 0.717) is 61.1 Å². The van der Waals surface area contributed by atoms with Crippen molar-refractivity contribution >= 4 is 11.8 Å². The van der Waals surface area contributed by atoms with Gasteiger partial charge in [-0.05, 0) is 141 Å². The third kappa shape index (κ3) is 8.60. The molecule has 346 valence electrons. The zero-order valence-corrected chi connectivity index (χ0v) is 38.6. The van der Waals surface area contributed by atoms with Gasteiger partial charge in [-0.25, -0.2) is 9.28 Å². The Morgan fingerprint density at radius 3 is 2.25 bits per heavy atom. The quantitative estimate of drug-likeness (QED) is 0.0685. The molecular weight excluding hydrogens is 773 g/mol. The molecular formula is C50H83N2O9+. The van der Waals surface area contributed by atoms with Crippen LogP contribution in [-0.2, 0) is 23.8 Å². The van der Waals surface area contributed by atoms with Gasteiger partial charge in [-0.15, -0.1) is 0 Å². The predicted molar refractivity (Wildman–Crippen MR) is 232 cm³/mol. The van der Waals surface area contributed by atoms with Crippen LogP contribution in [0.3, 0.4) is 0 Å². The van der Waals surface area contributed by atoms with Crippen LogP contribution in [0.2, 0.25) is 0 Å². The van der Waals surface area contributed by atoms with Gasteiger partial charge in [-0.1, -0.05) is 65.5 Å². The molecule has 0 aromatic carbocycles. The number of fused-ring (bicyclic) bond motifs is 5. The highest BCUT2D eigenvalue weighted by Crippen LogP contribution is 2.68. The number of nitrogens with one attached hydrogen (secondary N) is 1. The number of ether oxygens (including phenoxy) is 3. The molecule has 8 fully saturated rings. The molecule has 4 bridgehead atoms. The van der Waals surface area contributed by atoms with Gasteiger partial charge in [0, 0.05) is 25.5 Å². The number of methoxy groups -OCH3 is 1. The van der Waals surface area contributed by atoms with Gasteiger partial charge in [-0.3, -0.25) is 4.79 Å². The van der Waals surface area contributed by atoms with Crippen LogP contribution in [0, 0.1) is 64.1 Å². The number of carbonyl (C=O) groups is 2. The van der Waals surface area contributed by atoms with E-state index in [4.69, 9.17) is 14.2 Å². The Morgan fingerprint density at radius 1 is 0.869 bits per heavy atom. The van der Waals surface area contributed by atoms with E-state index >= 15 is 4.79 Å². The molecule has 0 radical (unpaired) electrons. The number of rotatable bonds is 16. The second-order valence-corrected chi connectivity index (χ2v) is 23.2. The molecule has 1 heterocycles. The summed E-state index contributed by atoms with van der Waals surface area (Å²) in [5, 5.41) is 47.0. The van der Waals surface area contributed by atoms with Gasteiger partial charge >= 0.3 is 5.91 Å². The number of nitrogens with zero attached hydrogens (tertiary/aromatic N) is 1. The van der Waals surface area contributed by atoms with Gasteiger partial charge < -0.3 is 40.0 Å². The SMILES string of the molecule is COCCOCC[N+](CC(=O)NC12CC3CC(CC(C3)C1)C2)(C(=O)C1O[C@@H](O)C(O)[C@H](O)[C@@H]1O)C1CC[C@@]2(C)C(=CC[C@H]3[C@@H]4CC[C@H]([C@H](C)CCCC(C)C)[C@@]4(C)CC[C@@H]32)C1. The minimum atomic E-state index is -1.86. The standard InChI is InChI=1S/C50H82N2O9/c1-30(2)8-7-9-31(3)38-12-13-39-37-11-10-35-25-36(14-16-48(35,4)40(37)15-17-49(38,39)5)52(18-19-60-21-20-59-6,46(57)45-43(55)42(54)44(56)47(58)61-45)29-41(53)51-50-26-32-22-33(27-50)24-34(23-32)28-50/h10,30-34,36-40,42-45,47,54-56,58H,7-9,11-29H2,1-6H3/p+1/t31-,32?,33?,34?,36?,37+,38-,39+,40+,42-,43+,44?,45?,47-,48+,49-,50?,52?/m1/s1. The number of hydrogen-bond acceptors (Lipinski definition) is 9. The summed E-state index contributed by atoms with van der Waals surface area (Å²) >= 11 is 0. The van der Waals surface area contributed by atoms with E-state index in [-0.39, 0.29) is 47.1 Å².